The molecule has 0 heterocycles. The van der Waals surface area contributed by atoms with Gasteiger partial charge in [0.2, 0.25) is 0 Å². The van der Waals surface area contributed by atoms with Crippen molar-refractivity contribution in [2.24, 2.45) is 0 Å². The van der Waals surface area contributed by atoms with E-state index in [0.29, 0.717) is 5.02 Å². The second-order valence-electron chi connectivity index (χ2n) is 2.84. The molecule has 1 atom stereocenters. The number of benzene rings is 1. The van der Waals surface area contributed by atoms with Gasteiger partial charge in [0.1, 0.15) is 0 Å². The molecule has 88 valence electrons. The van der Waals surface area contributed by atoms with Gasteiger partial charge in [0.15, 0.2) is 0 Å². The summed E-state index contributed by atoms with van der Waals surface area (Å²) in [7, 11) is 0. The Hall–Kier alpha value is -1.59. The smallest absolute Gasteiger partial charge is 0.414 e. The van der Waals surface area contributed by atoms with Gasteiger partial charge in [-0.05, 0) is 24.6 Å². The molecular formula is C10H11ClO5. The molecule has 0 spiro atoms. The largest absolute Gasteiger partial charge is 0.473 e. The highest BCUT2D eigenvalue weighted by Gasteiger charge is 2.04. The van der Waals surface area contributed by atoms with Crippen molar-refractivity contribution >= 4 is 23.5 Å². The van der Waals surface area contributed by atoms with Crippen molar-refractivity contribution in [1.29, 1.82) is 0 Å². The van der Waals surface area contributed by atoms with Gasteiger partial charge in [-0.25, -0.2) is 9.59 Å². The molecule has 5 nitrogen and oxygen atoms in total. The van der Waals surface area contributed by atoms with E-state index in [0.717, 1.165) is 5.56 Å². The molecule has 0 saturated heterocycles. The summed E-state index contributed by atoms with van der Waals surface area (Å²) in [4.78, 5) is 18.2. The van der Waals surface area contributed by atoms with Crippen LogP contribution in [0.25, 0.3) is 0 Å². The molecule has 0 aliphatic heterocycles. The predicted octanol–water partition coefficient (Wildman–Crippen LogP) is 1.55. The van der Waals surface area contributed by atoms with Gasteiger partial charge in [0.05, 0.1) is 6.10 Å². The van der Waals surface area contributed by atoms with Gasteiger partial charge in [-0.3, -0.25) is 0 Å². The number of carboxylic acid groups (broad SMARTS) is 2. The van der Waals surface area contributed by atoms with Crippen LogP contribution in [-0.2, 0) is 9.59 Å². The van der Waals surface area contributed by atoms with Crippen LogP contribution in [0.3, 0.4) is 0 Å². The molecule has 16 heavy (non-hydrogen) atoms. The van der Waals surface area contributed by atoms with Gasteiger partial charge in [-0.2, -0.15) is 0 Å². The maximum absolute atomic E-state index is 9.10. The highest BCUT2D eigenvalue weighted by Crippen LogP contribution is 2.16. The molecule has 0 radical (unpaired) electrons. The summed E-state index contributed by atoms with van der Waals surface area (Å²) in [6, 6.07) is 7.21. The van der Waals surface area contributed by atoms with Crippen LogP contribution in [0, 0.1) is 0 Å². The van der Waals surface area contributed by atoms with Crippen LogP contribution in [0.4, 0.5) is 0 Å². The standard InChI is InChI=1S/C8H9ClO.C2H2O4/c1-6(10)7-3-2-4-8(9)5-7;3-1(4)2(5)6/h2-6,10H,1H3;(H,3,4)(H,5,6). The summed E-state index contributed by atoms with van der Waals surface area (Å²) < 4.78 is 0. The Kier molecular flexibility index (Phi) is 6.14. The average Bonchev–Trinajstić information content (AvgIpc) is 2.18. The number of hydrogen-bond acceptors (Lipinski definition) is 3. The van der Waals surface area contributed by atoms with E-state index in [-0.39, 0.29) is 0 Å². The van der Waals surface area contributed by atoms with E-state index < -0.39 is 18.0 Å². The highest BCUT2D eigenvalue weighted by molar-refractivity contribution is 6.30. The molecular weight excluding hydrogens is 236 g/mol. The Labute approximate surface area is 96.9 Å². The lowest BCUT2D eigenvalue weighted by molar-refractivity contribution is -0.159. The number of aliphatic carboxylic acids is 2. The van der Waals surface area contributed by atoms with Crippen molar-refractivity contribution in [3.8, 4) is 0 Å². The number of rotatable bonds is 1. The summed E-state index contributed by atoms with van der Waals surface area (Å²) >= 11 is 5.68. The minimum atomic E-state index is -1.82. The first-order chi connectivity index (χ1) is 7.34. The summed E-state index contributed by atoms with van der Waals surface area (Å²) in [5.41, 5.74) is 0.854. The van der Waals surface area contributed by atoms with Crippen LogP contribution >= 0.6 is 11.6 Å². The lowest BCUT2D eigenvalue weighted by Crippen LogP contribution is -2.09. The molecule has 0 aromatic heterocycles. The first-order valence-corrected chi connectivity index (χ1v) is 4.62. The van der Waals surface area contributed by atoms with Crippen molar-refractivity contribution < 1.29 is 24.9 Å². The molecule has 6 heteroatoms. The summed E-state index contributed by atoms with van der Waals surface area (Å²) in [5, 5.41) is 24.5. The van der Waals surface area contributed by atoms with Gasteiger partial charge in [-0.15, -0.1) is 0 Å². The maximum Gasteiger partial charge on any atom is 0.414 e. The molecule has 0 aliphatic rings. The fraction of sp³-hybridized carbons (Fsp3) is 0.200. The molecule has 1 rings (SSSR count). The Balaban J connectivity index is 0.000000325. The summed E-state index contributed by atoms with van der Waals surface area (Å²) in [6.07, 6.45) is -0.432. The molecule has 0 bridgehead atoms. The molecule has 1 aromatic carbocycles. The minimum Gasteiger partial charge on any atom is -0.473 e. The van der Waals surface area contributed by atoms with Crippen LogP contribution in [0.2, 0.25) is 5.02 Å². The van der Waals surface area contributed by atoms with Crippen LogP contribution in [0.5, 0.6) is 0 Å². The van der Waals surface area contributed by atoms with E-state index in [1.54, 1.807) is 19.1 Å². The van der Waals surface area contributed by atoms with Gasteiger partial charge < -0.3 is 15.3 Å². The third-order valence-electron chi connectivity index (χ3n) is 1.51. The van der Waals surface area contributed by atoms with Gasteiger partial charge in [0.25, 0.3) is 0 Å². The molecule has 0 fully saturated rings. The number of carboxylic acids is 2. The molecule has 0 amide bonds. The van der Waals surface area contributed by atoms with Crippen molar-refractivity contribution in [2.45, 2.75) is 13.0 Å². The SMILES string of the molecule is CC(O)c1cccc(Cl)c1.O=C(O)C(=O)O. The molecule has 0 saturated carbocycles. The fourth-order valence-electron chi connectivity index (χ4n) is 0.766. The Morgan fingerprint density at radius 3 is 2.00 bits per heavy atom. The predicted molar refractivity (Wildman–Crippen MR) is 57.4 cm³/mol. The zero-order valence-electron chi connectivity index (χ0n) is 8.42. The van der Waals surface area contributed by atoms with Crippen LogP contribution in [-0.4, -0.2) is 27.3 Å². The van der Waals surface area contributed by atoms with Gasteiger partial charge >= 0.3 is 11.9 Å². The van der Waals surface area contributed by atoms with Crippen LogP contribution < -0.4 is 0 Å². The number of carbonyl (C=O) groups is 2. The van der Waals surface area contributed by atoms with Crippen molar-refractivity contribution in [1.82, 2.24) is 0 Å². The lowest BCUT2D eigenvalue weighted by atomic mass is 10.1. The van der Waals surface area contributed by atoms with E-state index in [2.05, 4.69) is 0 Å². The topological polar surface area (TPSA) is 94.8 Å². The molecule has 0 aliphatic carbocycles. The zero-order chi connectivity index (χ0) is 12.7. The zero-order valence-corrected chi connectivity index (χ0v) is 9.18. The van der Waals surface area contributed by atoms with Crippen LogP contribution in [0.15, 0.2) is 24.3 Å². The van der Waals surface area contributed by atoms with Crippen LogP contribution in [0.1, 0.15) is 18.6 Å². The molecule has 3 N–H and O–H groups in total. The monoisotopic (exact) mass is 246 g/mol. The Bertz CT molecular complexity index is 363. The van der Waals surface area contributed by atoms with E-state index in [1.165, 1.54) is 0 Å². The van der Waals surface area contributed by atoms with Crippen molar-refractivity contribution in [2.75, 3.05) is 0 Å². The summed E-state index contributed by atoms with van der Waals surface area (Å²) in [6.45, 7) is 1.71. The first kappa shape index (κ1) is 14.4. The second kappa shape index (κ2) is 6.81. The molecule has 1 aromatic rings. The van der Waals surface area contributed by atoms with Gasteiger partial charge in [-0.1, -0.05) is 23.7 Å². The Morgan fingerprint density at radius 2 is 1.75 bits per heavy atom. The van der Waals surface area contributed by atoms with Crippen molar-refractivity contribution in [3.63, 3.8) is 0 Å². The third-order valence-corrected chi connectivity index (χ3v) is 1.75. The van der Waals surface area contributed by atoms with Crippen molar-refractivity contribution in [3.05, 3.63) is 34.9 Å². The lowest BCUT2D eigenvalue weighted by Gasteiger charge is -2.02. The van der Waals surface area contributed by atoms with E-state index in [9.17, 15) is 0 Å². The fourth-order valence-corrected chi connectivity index (χ4v) is 0.965. The Morgan fingerprint density at radius 1 is 1.25 bits per heavy atom. The quantitative estimate of drug-likeness (QED) is 0.654. The first-order valence-electron chi connectivity index (χ1n) is 4.24. The molecule has 1 unspecified atom stereocenters. The normalized spacial score (nSPS) is 10.9. The van der Waals surface area contributed by atoms with E-state index in [1.807, 2.05) is 12.1 Å². The minimum absolute atomic E-state index is 0.432. The third kappa shape index (κ3) is 6.00. The number of halogens is 1. The summed E-state index contributed by atoms with van der Waals surface area (Å²) in [5.74, 6) is -3.65. The van der Waals surface area contributed by atoms with Gasteiger partial charge in [0, 0.05) is 5.02 Å². The van der Waals surface area contributed by atoms with E-state index in [4.69, 9.17) is 36.5 Å². The number of aliphatic hydroxyl groups excluding tert-OH is 1. The average molecular weight is 247 g/mol. The number of hydrogen-bond donors (Lipinski definition) is 3. The van der Waals surface area contributed by atoms with E-state index >= 15 is 0 Å². The number of aliphatic hydroxyl groups is 1. The maximum atomic E-state index is 9.10. The second-order valence-corrected chi connectivity index (χ2v) is 3.28. The highest BCUT2D eigenvalue weighted by atomic mass is 35.5.